The van der Waals surface area contributed by atoms with Gasteiger partial charge in [0, 0.05) is 31.6 Å². The van der Waals surface area contributed by atoms with Gasteiger partial charge < -0.3 is 24.8 Å². The van der Waals surface area contributed by atoms with Crippen molar-refractivity contribution in [3.63, 3.8) is 0 Å². The zero-order chi connectivity index (χ0) is 25.0. The number of hydrogen-bond donors (Lipinski definition) is 2. The van der Waals surface area contributed by atoms with Crippen molar-refractivity contribution in [1.29, 1.82) is 0 Å². The summed E-state index contributed by atoms with van der Waals surface area (Å²) < 4.78 is 10.6. The Morgan fingerprint density at radius 3 is 2.77 bits per heavy atom. The largest absolute Gasteiger partial charge is 0.507 e. The standard InChI is InChI=1S/C27H32N4O4/c1-27(2,3)35-26(33)31-14-13-19(17-31)28-24-20-12-11-18(8-7-15-34-4)16-22(20)29-25(30-24)21-9-5-6-10-23(21)32/h5-12,16,19,32H,13-15,17H2,1-4H3,(H,28,29,30)/t19-/m0/s1. The van der Waals surface area contributed by atoms with E-state index in [9.17, 15) is 9.90 Å². The van der Waals surface area contributed by atoms with Crippen molar-refractivity contribution in [3.8, 4) is 17.1 Å². The number of anilines is 1. The number of rotatable bonds is 6. The number of methoxy groups -OCH3 is 1. The summed E-state index contributed by atoms with van der Waals surface area (Å²) in [5, 5.41) is 14.8. The van der Waals surface area contributed by atoms with Crippen molar-refractivity contribution in [3.05, 3.63) is 54.1 Å². The average Bonchev–Trinajstić information content (AvgIpc) is 3.27. The molecule has 1 saturated heterocycles. The molecular formula is C27H32N4O4. The van der Waals surface area contributed by atoms with Crippen LogP contribution in [0.25, 0.3) is 28.4 Å². The highest BCUT2D eigenvalue weighted by Gasteiger charge is 2.30. The number of likely N-dealkylation sites (tertiary alicyclic amines) is 1. The molecule has 0 bridgehead atoms. The molecule has 2 N–H and O–H groups in total. The number of carbonyl (C=O) groups is 1. The molecule has 4 rings (SSSR count). The summed E-state index contributed by atoms with van der Waals surface area (Å²) in [4.78, 5) is 23.7. The zero-order valence-electron chi connectivity index (χ0n) is 20.6. The molecule has 1 fully saturated rings. The fraction of sp³-hybridized carbons (Fsp3) is 0.370. The first kappa shape index (κ1) is 24.5. The van der Waals surface area contributed by atoms with Crippen molar-refractivity contribution in [1.82, 2.24) is 14.9 Å². The summed E-state index contributed by atoms with van der Waals surface area (Å²) in [6, 6.07) is 13.0. The van der Waals surface area contributed by atoms with Crippen LogP contribution >= 0.6 is 0 Å². The first-order chi connectivity index (χ1) is 16.7. The molecule has 1 atom stereocenters. The van der Waals surface area contributed by atoms with Gasteiger partial charge in [-0.15, -0.1) is 0 Å². The predicted octanol–water partition coefficient (Wildman–Crippen LogP) is 5.08. The lowest BCUT2D eigenvalue weighted by Crippen LogP contribution is -2.36. The Morgan fingerprint density at radius 2 is 2.03 bits per heavy atom. The van der Waals surface area contributed by atoms with E-state index in [1.807, 2.05) is 57.2 Å². The molecule has 35 heavy (non-hydrogen) atoms. The lowest BCUT2D eigenvalue weighted by Gasteiger charge is -2.24. The number of phenolic OH excluding ortho intramolecular Hbond substituents is 1. The number of nitrogens with zero attached hydrogens (tertiary/aromatic N) is 3. The SMILES string of the molecule is COCC=Cc1ccc2c(N[C@H]3CCN(C(=O)OC(C)(C)C)C3)nc(-c3ccccc3O)nc2c1. The highest BCUT2D eigenvalue weighted by atomic mass is 16.6. The third-order valence-electron chi connectivity index (χ3n) is 5.62. The summed E-state index contributed by atoms with van der Waals surface area (Å²) in [6.45, 7) is 7.24. The van der Waals surface area contributed by atoms with Gasteiger partial charge in [0.1, 0.15) is 17.2 Å². The van der Waals surface area contributed by atoms with Crippen LogP contribution in [0.3, 0.4) is 0 Å². The molecule has 8 heteroatoms. The number of phenols is 1. The first-order valence-corrected chi connectivity index (χ1v) is 11.7. The minimum atomic E-state index is -0.534. The number of amides is 1. The average molecular weight is 477 g/mol. The molecule has 2 heterocycles. The molecule has 0 saturated carbocycles. The number of aromatic hydroxyl groups is 1. The number of fused-ring (bicyclic) bond motifs is 1. The molecule has 1 aromatic heterocycles. The molecule has 0 unspecified atom stereocenters. The monoisotopic (exact) mass is 476 g/mol. The van der Waals surface area contributed by atoms with Crippen LogP contribution in [0.1, 0.15) is 32.8 Å². The Bertz CT molecular complexity index is 1240. The van der Waals surface area contributed by atoms with E-state index in [0.29, 0.717) is 36.9 Å². The lowest BCUT2D eigenvalue weighted by atomic mass is 10.1. The number of aromatic nitrogens is 2. The Morgan fingerprint density at radius 1 is 1.23 bits per heavy atom. The number of hydrogen-bond acceptors (Lipinski definition) is 7. The van der Waals surface area contributed by atoms with Gasteiger partial charge in [-0.05, 0) is 57.0 Å². The minimum absolute atomic E-state index is 0.0131. The highest BCUT2D eigenvalue weighted by Crippen LogP contribution is 2.31. The second kappa shape index (κ2) is 10.3. The van der Waals surface area contributed by atoms with Gasteiger partial charge in [-0.25, -0.2) is 14.8 Å². The van der Waals surface area contributed by atoms with Crippen LogP contribution in [-0.2, 0) is 9.47 Å². The van der Waals surface area contributed by atoms with E-state index in [4.69, 9.17) is 19.4 Å². The third-order valence-corrected chi connectivity index (χ3v) is 5.62. The Kier molecular flexibility index (Phi) is 7.21. The third kappa shape index (κ3) is 6.08. The molecular weight excluding hydrogens is 444 g/mol. The number of para-hydroxylation sites is 1. The van der Waals surface area contributed by atoms with Crippen molar-refractivity contribution in [2.75, 3.05) is 32.1 Å². The predicted molar refractivity (Wildman–Crippen MR) is 137 cm³/mol. The van der Waals surface area contributed by atoms with E-state index < -0.39 is 5.60 Å². The molecule has 3 aromatic rings. The molecule has 2 aromatic carbocycles. The zero-order valence-corrected chi connectivity index (χ0v) is 20.6. The van der Waals surface area contributed by atoms with Crippen LogP contribution < -0.4 is 5.32 Å². The van der Waals surface area contributed by atoms with E-state index in [2.05, 4.69) is 5.32 Å². The Hall–Kier alpha value is -3.65. The summed E-state index contributed by atoms with van der Waals surface area (Å²) in [6.07, 6.45) is 4.38. The molecule has 0 aliphatic carbocycles. The van der Waals surface area contributed by atoms with E-state index in [1.54, 1.807) is 30.2 Å². The summed E-state index contributed by atoms with van der Waals surface area (Å²) in [7, 11) is 1.65. The van der Waals surface area contributed by atoms with E-state index in [0.717, 1.165) is 22.9 Å². The number of nitrogens with one attached hydrogen (secondary N) is 1. The van der Waals surface area contributed by atoms with Crippen molar-refractivity contribution in [2.24, 2.45) is 0 Å². The Balaban J connectivity index is 1.65. The van der Waals surface area contributed by atoms with Gasteiger partial charge in [0.25, 0.3) is 0 Å². The fourth-order valence-corrected chi connectivity index (χ4v) is 3.99. The molecule has 0 radical (unpaired) electrons. The second-order valence-electron chi connectivity index (χ2n) is 9.60. The van der Waals surface area contributed by atoms with Crippen LogP contribution in [-0.4, -0.2) is 64.5 Å². The van der Waals surface area contributed by atoms with Gasteiger partial charge in [0.05, 0.1) is 17.7 Å². The van der Waals surface area contributed by atoms with Crippen LogP contribution in [0, 0.1) is 0 Å². The molecule has 1 aliphatic heterocycles. The van der Waals surface area contributed by atoms with Gasteiger partial charge in [-0.1, -0.05) is 30.4 Å². The smallest absolute Gasteiger partial charge is 0.410 e. The second-order valence-corrected chi connectivity index (χ2v) is 9.60. The first-order valence-electron chi connectivity index (χ1n) is 11.7. The fourth-order valence-electron chi connectivity index (χ4n) is 3.99. The van der Waals surface area contributed by atoms with Crippen molar-refractivity contribution < 1.29 is 19.4 Å². The van der Waals surface area contributed by atoms with Gasteiger partial charge in [0.15, 0.2) is 5.82 Å². The normalized spacial score (nSPS) is 16.2. The van der Waals surface area contributed by atoms with Gasteiger partial charge in [0.2, 0.25) is 0 Å². The molecule has 184 valence electrons. The van der Waals surface area contributed by atoms with E-state index in [-0.39, 0.29) is 17.9 Å². The summed E-state index contributed by atoms with van der Waals surface area (Å²) in [5.74, 6) is 1.21. The maximum Gasteiger partial charge on any atom is 0.410 e. The molecule has 8 nitrogen and oxygen atoms in total. The van der Waals surface area contributed by atoms with Crippen LogP contribution in [0.5, 0.6) is 5.75 Å². The Labute approximate surface area is 205 Å². The maximum absolute atomic E-state index is 12.5. The highest BCUT2D eigenvalue weighted by molar-refractivity contribution is 5.92. The van der Waals surface area contributed by atoms with Crippen LogP contribution in [0.4, 0.5) is 10.6 Å². The maximum atomic E-state index is 12.5. The summed E-state index contributed by atoms with van der Waals surface area (Å²) >= 11 is 0. The van der Waals surface area contributed by atoms with Gasteiger partial charge in [-0.2, -0.15) is 0 Å². The van der Waals surface area contributed by atoms with Crippen LogP contribution in [0.2, 0.25) is 0 Å². The molecule has 1 amide bonds. The number of carbonyl (C=O) groups excluding carboxylic acids is 1. The van der Waals surface area contributed by atoms with E-state index >= 15 is 0 Å². The molecule has 0 spiro atoms. The van der Waals surface area contributed by atoms with Crippen molar-refractivity contribution in [2.45, 2.75) is 38.8 Å². The van der Waals surface area contributed by atoms with Gasteiger partial charge >= 0.3 is 6.09 Å². The topological polar surface area (TPSA) is 96.8 Å². The lowest BCUT2D eigenvalue weighted by molar-refractivity contribution is 0.0293. The number of ether oxygens (including phenoxy) is 2. The number of benzene rings is 2. The molecule has 1 aliphatic rings. The summed E-state index contributed by atoms with van der Waals surface area (Å²) in [5.41, 5.74) is 1.76. The quantitative estimate of drug-likeness (QED) is 0.512. The van der Waals surface area contributed by atoms with Crippen LogP contribution in [0.15, 0.2) is 48.5 Å². The minimum Gasteiger partial charge on any atom is -0.507 e. The van der Waals surface area contributed by atoms with Crippen molar-refractivity contribution >= 4 is 28.9 Å². The van der Waals surface area contributed by atoms with Gasteiger partial charge in [-0.3, -0.25) is 0 Å². The van der Waals surface area contributed by atoms with E-state index in [1.165, 1.54) is 0 Å².